The second kappa shape index (κ2) is 5.56. The highest BCUT2D eigenvalue weighted by Crippen LogP contribution is 2.12. The third-order valence-corrected chi connectivity index (χ3v) is 2.67. The van der Waals surface area contributed by atoms with Crippen LogP contribution in [0.15, 0.2) is 34.9 Å². The zero-order valence-electron chi connectivity index (χ0n) is 11.2. The molecule has 2 N–H and O–H groups in total. The highest BCUT2D eigenvalue weighted by Gasteiger charge is 2.14. The molecule has 5 heteroatoms. The number of amides is 1. The van der Waals surface area contributed by atoms with Crippen LogP contribution in [0, 0.1) is 13.8 Å². The van der Waals surface area contributed by atoms with Crippen molar-refractivity contribution in [3.63, 3.8) is 0 Å². The van der Waals surface area contributed by atoms with Gasteiger partial charge in [-0.25, -0.2) is 0 Å². The lowest BCUT2D eigenvalue weighted by atomic mass is 10.2. The average Bonchev–Trinajstić information content (AvgIpc) is 2.74. The van der Waals surface area contributed by atoms with Gasteiger partial charge in [0.05, 0.1) is 0 Å². The van der Waals surface area contributed by atoms with Crippen LogP contribution in [0.5, 0.6) is 0 Å². The molecule has 5 nitrogen and oxygen atoms in total. The molecule has 1 heterocycles. The van der Waals surface area contributed by atoms with Crippen molar-refractivity contribution in [2.45, 2.75) is 26.8 Å². The molecule has 2 aromatic rings. The van der Waals surface area contributed by atoms with E-state index in [0.717, 1.165) is 11.3 Å². The third kappa shape index (κ3) is 3.58. The summed E-state index contributed by atoms with van der Waals surface area (Å²) < 4.78 is 4.89. The number of hydrogen-bond donors (Lipinski definition) is 2. The van der Waals surface area contributed by atoms with Crippen LogP contribution in [-0.4, -0.2) is 17.1 Å². The van der Waals surface area contributed by atoms with Gasteiger partial charge in [0.2, 0.25) is 5.91 Å². The van der Waals surface area contributed by atoms with Crippen molar-refractivity contribution in [2.75, 3.05) is 10.6 Å². The molecule has 0 radical (unpaired) electrons. The minimum atomic E-state index is -0.362. The fourth-order valence-electron chi connectivity index (χ4n) is 1.71. The number of carbonyl (C=O) groups excluding carboxylic acids is 1. The largest absolute Gasteiger partial charge is 0.374 e. The average molecular weight is 259 g/mol. The van der Waals surface area contributed by atoms with Gasteiger partial charge in [-0.2, -0.15) is 0 Å². The number of aryl methyl sites for hydroxylation is 2. The standard InChI is InChI=1S/C14H17N3O2/c1-9-5-4-6-12(7-9)15-11(3)14(18)16-13-8-10(2)19-17-13/h4-8,11,15H,1-3H3,(H,16,17,18). The van der Waals surface area contributed by atoms with Crippen molar-refractivity contribution in [1.29, 1.82) is 0 Å². The lowest BCUT2D eigenvalue weighted by molar-refractivity contribution is -0.116. The van der Waals surface area contributed by atoms with Crippen LogP contribution in [-0.2, 0) is 4.79 Å². The summed E-state index contributed by atoms with van der Waals surface area (Å²) in [6.07, 6.45) is 0. The van der Waals surface area contributed by atoms with Crippen LogP contribution >= 0.6 is 0 Å². The SMILES string of the molecule is Cc1cccc(NC(C)C(=O)Nc2cc(C)on2)c1. The zero-order valence-corrected chi connectivity index (χ0v) is 11.2. The van der Waals surface area contributed by atoms with Crippen molar-refractivity contribution in [1.82, 2.24) is 5.16 Å². The Hall–Kier alpha value is -2.30. The lowest BCUT2D eigenvalue weighted by Crippen LogP contribution is -2.31. The number of nitrogens with zero attached hydrogens (tertiary/aromatic N) is 1. The molecule has 0 saturated heterocycles. The molecule has 0 aliphatic carbocycles. The van der Waals surface area contributed by atoms with Crippen molar-refractivity contribution < 1.29 is 9.32 Å². The Labute approximate surface area is 112 Å². The maximum atomic E-state index is 12.0. The minimum absolute atomic E-state index is 0.158. The summed E-state index contributed by atoms with van der Waals surface area (Å²) in [5, 5.41) is 9.55. The maximum Gasteiger partial charge on any atom is 0.247 e. The van der Waals surface area contributed by atoms with E-state index in [1.54, 1.807) is 19.9 Å². The smallest absolute Gasteiger partial charge is 0.247 e. The first kappa shape index (κ1) is 13.1. The Bertz CT molecular complexity index is 578. The highest BCUT2D eigenvalue weighted by atomic mass is 16.5. The van der Waals surface area contributed by atoms with E-state index in [0.29, 0.717) is 11.6 Å². The van der Waals surface area contributed by atoms with Crippen molar-refractivity contribution in [3.8, 4) is 0 Å². The topological polar surface area (TPSA) is 67.2 Å². The molecule has 2 rings (SSSR count). The fraction of sp³-hybridized carbons (Fsp3) is 0.286. The van der Waals surface area contributed by atoms with Gasteiger partial charge in [-0.15, -0.1) is 0 Å². The van der Waals surface area contributed by atoms with E-state index in [2.05, 4.69) is 15.8 Å². The number of aromatic nitrogens is 1. The first-order valence-corrected chi connectivity index (χ1v) is 6.12. The molecular formula is C14H17N3O2. The first-order valence-electron chi connectivity index (χ1n) is 6.12. The predicted octanol–water partition coefficient (Wildman–Crippen LogP) is 2.73. The van der Waals surface area contributed by atoms with Gasteiger partial charge in [-0.3, -0.25) is 4.79 Å². The summed E-state index contributed by atoms with van der Waals surface area (Å²) in [7, 11) is 0. The van der Waals surface area contributed by atoms with Crippen molar-refractivity contribution in [2.24, 2.45) is 0 Å². The minimum Gasteiger partial charge on any atom is -0.374 e. The molecule has 1 amide bonds. The number of benzene rings is 1. The highest BCUT2D eigenvalue weighted by molar-refractivity contribution is 5.95. The summed E-state index contributed by atoms with van der Waals surface area (Å²) >= 11 is 0. The van der Waals surface area contributed by atoms with Crippen LogP contribution in [0.25, 0.3) is 0 Å². The Morgan fingerprint density at radius 1 is 1.32 bits per heavy atom. The van der Waals surface area contributed by atoms with Gasteiger partial charge >= 0.3 is 0 Å². The first-order chi connectivity index (χ1) is 9.04. The number of anilines is 2. The van der Waals surface area contributed by atoms with E-state index >= 15 is 0 Å². The molecule has 0 fully saturated rings. The van der Waals surface area contributed by atoms with E-state index in [-0.39, 0.29) is 11.9 Å². The molecular weight excluding hydrogens is 242 g/mol. The van der Waals surface area contributed by atoms with Crippen LogP contribution in [0.4, 0.5) is 11.5 Å². The quantitative estimate of drug-likeness (QED) is 0.886. The Morgan fingerprint density at radius 3 is 2.74 bits per heavy atom. The molecule has 100 valence electrons. The molecule has 0 spiro atoms. The summed E-state index contributed by atoms with van der Waals surface area (Å²) in [5.74, 6) is 0.935. The van der Waals surface area contributed by atoms with Gasteiger partial charge in [-0.1, -0.05) is 17.3 Å². The van der Waals surface area contributed by atoms with Gasteiger partial charge in [0.1, 0.15) is 11.8 Å². The lowest BCUT2D eigenvalue weighted by Gasteiger charge is -2.14. The van der Waals surface area contributed by atoms with Crippen LogP contribution in [0.2, 0.25) is 0 Å². The molecule has 1 atom stereocenters. The molecule has 1 unspecified atom stereocenters. The summed E-state index contributed by atoms with van der Waals surface area (Å²) in [6.45, 7) is 5.58. The zero-order chi connectivity index (χ0) is 13.8. The van der Waals surface area contributed by atoms with Gasteiger partial charge in [0, 0.05) is 11.8 Å². The summed E-state index contributed by atoms with van der Waals surface area (Å²) in [5.41, 5.74) is 2.06. The number of nitrogens with one attached hydrogen (secondary N) is 2. The fourth-order valence-corrected chi connectivity index (χ4v) is 1.71. The molecule has 1 aromatic heterocycles. The number of carbonyl (C=O) groups is 1. The predicted molar refractivity (Wildman–Crippen MR) is 74.1 cm³/mol. The van der Waals surface area contributed by atoms with E-state index < -0.39 is 0 Å². The summed E-state index contributed by atoms with van der Waals surface area (Å²) in [6, 6.07) is 9.19. The second-order valence-electron chi connectivity index (χ2n) is 4.55. The van der Waals surface area contributed by atoms with Crippen LogP contribution in [0.1, 0.15) is 18.2 Å². The van der Waals surface area contributed by atoms with E-state index in [1.165, 1.54) is 0 Å². The van der Waals surface area contributed by atoms with Gasteiger partial charge < -0.3 is 15.2 Å². The normalized spacial score (nSPS) is 11.9. The Balaban J connectivity index is 1.96. The maximum absolute atomic E-state index is 12.0. The van der Waals surface area contributed by atoms with Crippen molar-refractivity contribution >= 4 is 17.4 Å². The Morgan fingerprint density at radius 2 is 2.11 bits per heavy atom. The van der Waals surface area contributed by atoms with Gasteiger partial charge in [-0.05, 0) is 38.5 Å². The molecule has 0 saturated carbocycles. The molecule has 0 aliphatic rings. The number of rotatable bonds is 4. The van der Waals surface area contributed by atoms with Crippen LogP contribution < -0.4 is 10.6 Å². The third-order valence-electron chi connectivity index (χ3n) is 2.67. The van der Waals surface area contributed by atoms with Gasteiger partial charge in [0.25, 0.3) is 0 Å². The Kier molecular flexibility index (Phi) is 3.85. The summed E-state index contributed by atoms with van der Waals surface area (Å²) in [4.78, 5) is 12.0. The molecule has 0 aliphatic heterocycles. The second-order valence-corrected chi connectivity index (χ2v) is 4.55. The van der Waals surface area contributed by atoms with Crippen LogP contribution in [0.3, 0.4) is 0 Å². The van der Waals surface area contributed by atoms with E-state index in [4.69, 9.17) is 4.52 Å². The number of hydrogen-bond acceptors (Lipinski definition) is 4. The molecule has 19 heavy (non-hydrogen) atoms. The van der Waals surface area contributed by atoms with E-state index in [1.807, 2.05) is 31.2 Å². The van der Waals surface area contributed by atoms with E-state index in [9.17, 15) is 4.79 Å². The van der Waals surface area contributed by atoms with Crippen molar-refractivity contribution in [3.05, 3.63) is 41.7 Å². The molecule has 0 bridgehead atoms. The monoisotopic (exact) mass is 259 g/mol. The van der Waals surface area contributed by atoms with Gasteiger partial charge in [0.15, 0.2) is 5.82 Å². The molecule has 1 aromatic carbocycles.